The zero-order chi connectivity index (χ0) is 60.0. The highest BCUT2D eigenvalue weighted by molar-refractivity contribution is 7.45. The van der Waals surface area contributed by atoms with Crippen LogP contribution < -0.4 is 10.2 Å². The van der Waals surface area contributed by atoms with Crippen molar-refractivity contribution >= 4 is 19.7 Å². The van der Waals surface area contributed by atoms with Gasteiger partial charge in [0, 0.05) is 12.8 Å². The van der Waals surface area contributed by atoms with Gasteiger partial charge in [-0.15, -0.1) is 0 Å². The molecular formula is C72H137N2O7P. The van der Waals surface area contributed by atoms with Gasteiger partial charge in [0.15, 0.2) is 0 Å². The number of carbonyl (C=O) groups is 2. The fourth-order valence-electron chi connectivity index (χ4n) is 10.5. The maximum absolute atomic E-state index is 13.6. The third-order valence-electron chi connectivity index (χ3n) is 16.0. The first kappa shape index (κ1) is 80.0. The molecule has 0 aliphatic rings. The number of esters is 1. The van der Waals surface area contributed by atoms with E-state index < -0.39 is 20.0 Å². The van der Waals surface area contributed by atoms with Crippen molar-refractivity contribution in [2.24, 2.45) is 0 Å². The number of rotatable bonds is 65. The Morgan fingerprint density at radius 1 is 0.427 bits per heavy atom. The zero-order valence-electron chi connectivity index (χ0n) is 55.2. The highest BCUT2D eigenvalue weighted by atomic mass is 31.2. The molecule has 0 bridgehead atoms. The summed E-state index contributed by atoms with van der Waals surface area (Å²) < 4.78 is 30.4. The molecule has 0 aromatic rings. The van der Waals surface area contributed by atoms with Crippen LogP contribution in [-0.2, 0) is 27.9 Å². The molecule has 9 nitrogen and oxygen atoms in total. The number of likely N-dealkylation sites (N-methyl/N-ethyl adjacent to an activating group) is 1. The second kappa shape index (κ2) is 62.0. The summed E-state index contributed by atoms with van der Waals surface area (Å²) in [6, 6.07) is -0.886. The summed E-state index contributed by atoms with van der Waals surface area (Å²) in [6.07, 6.45) is 78.0. The molecule has 0 aromatic heterocycles. The molecule has 0 spiro atoms. The average Bonchev–Trinajstić information content (AvgIpc) is 3.47. The van der Waals surface area contributed by atoms with Gasteiger partial charge in [0.2, 0.25) is 5.91 Å². The fourth-order valence-corrected chi connectivity index (χ4v) is 11.3. The average molecular weight is 1170 g/mol. The number of amides is 1. The van der Waals surface area contributed by atoms with Crippen LogP contribution in [0.15, 0.2) is 48.6 Å². The number of quaternary nitrogens is 1. The standard InChI is InChI=1S/C72H137N2O7P/c1-7-10-13-16-19-22-25-28-30-32-33-34-35-36-37-38-39-40-41-43-44-46-49-52-55-58-61-64-71(75)73-69(68-80-82(77,78)79-67-66-74(4,5)6)70(63-60-57-54-51-48-27-24-21-18-15-12-9-3)81-72(76)65-62-59-56-53-50-47-45-42-31-29-26-23-20-17-14-11-8-2/h19,22,28,30,33-34,60,63,69-70H,7-18,20-21,23-27,29,31-32,35-59,61-62,64-68H2,1-6H3,(H-,73,75,77,78)/b22-19-,30-28-,34-33-,63-60-. The van der Waals surface area contributed by atoms with Gasteiger partial charge in [-0.1, -0.05) is 314 Å². The van der Waals surface area contributed by atoms with Gasteiger partial charge in [0.25, 0.3) is 7.82 Å². The Balaban J connectivity index is 5.00. The van der Waals surface area contributed by atoms with Gasteiger partial charge in [-0.3, -0.25) is 14.2 Å². The summed E-state index contributed by atoms with van der Waals surface area (Å²) in [4.78, 5) is 40.1. The van der Waals surface area contributed by atoms with Crippen molar-refractivity contribution in [1.29, 1.82) is 0 Å². The van der Waals surface area contributed by atoms with Crippen LogP contribution in [0.5, 0.6) is 0 Å². The van der Waals surface area contributed by atoms with E-state index in [1.165, 1.54) is 244 Å². The van der Waals surface area contributed by atoms with Gasteiger partial charge in [-0.25, -0.2) is 0 Å². The number of phosphoric acid groups is 1. The molecule has 10 heteroatoms. The molecule has 0 heterocycles. The van der Waals surface area contributed by atoms with Gasteiger partial charge >= 0.3 is 5.97 Å². The number of nitrogens with zero attached hydrogens (tertiary/aromatic N) is 1. The van der Waals surface area contributed by atoms with Crippen LogP contribution in [-0.4, -0.2) is 69.4 Å². The Bertz CT molecular complexity index is 1540. The third kappa shape index (κ3) is 62.5. The van der Waals surface area contributed by atoms with Gasteiger partial charge in [0.1, 0.15) is 19.3 Å². The summed E-state index contributed by atoms with van der Waals surface area (Å²) in [7, 11) is 1.20. The molecule has 1 N–H and O–H groups in total. The van der Waals surface area contributed by atoms with Crippen molar-refractivity contribution < 1.29 is 37.3 Å². The number of unbranched alkanes of at least 4 members (excludes halogenated alkanes) is 43. The first-order valence-electron chi connectivity index (χ1n) is 35.4. The maximum Gasteiger partial charge on any atom is 0.306 e. The lowest BCUT2D eigenvalue weighted by Gasteiger charge is -2.30. The molecule has 0 saturated carbocycles. The van der Waals surface area contributed by atoms with Crippen LogP contribution in [0.25, 0.3) is 0 Å². The van der Waals surface area contributed by atoms with Crippen molar-refractivity contribution in [2.45, 2.75) is 360 Å². The Morgan fingerprint density at radius 3 is 1.13 bits per heavy atom. The van der Waals surface area contributed by atoms with Crippen LogP contribution >= 0.6 is 7.82 Å². The first-order chi connectivity index (χ1) is 39.9. The molecule has 1 amide bonds. The van der Waals surface area contributed by atoms with E-state index in [2.05, 4.69) is 62.5 Å². The molecule has 0 aliphatic carbocycles. The van der Waals surface area contributed by atoms with Gasteiger partial charge < -0.3 is 28.5 Å². The minimum atomic E-state index is -4.70. The second-order valence-corrected chi connectivity index (χ2v) is 26.8. The minimum Gasteiger partial charge on any atom is -0.756 e. The molecule has 3 unspecified atom stereocenters. The molecule has 0 aliphatic heterocycles. The predicted molar refractivity (Wildman–Crippen MR) is 353 cm³/mol. The molecule has 0 saturated heterocycles. The van der Waals surface area contributed by atoms with E-state index in [1.807, 2.05) is 33.3 Å². The topological polar surface area (TPSA) is 114 Å². The summed E-state index contributed by atoms with van der Waals surface area (Å²) in [5.74, 6) is -0.524. The Morgan fingerprint density at radius 2 is 0.744 bits per heavy atom. The summed E-state index contributed by atoms with van der Waals surface area (Å²) in [5, 5.41) is 3.05. The SMILES string of the molecule is CCCCC/C=C\C/C=C\C/C=C\CCCCCCCCCCCCCCCCC(=O)NC(COP(=O)([O-])OCC[N+](C)(C)C)C(/C=C\CCCCCCCCCCCC)OC(=O)CCCCCCCCCCCCCCCCCCC. The fraction of sp³-hybridized carbons (Fsp3) is 0.861. The third-order valence-corrected chi connectivity index (χ3v) is 17.0. The molecule has 82 heavy (non-hydrogen) atoms. The maximum atomic E-state index is 13.6. The van der Waals surface area contributed by atoms with E-state index in [0.29, 0.717) is 17.4 Å². The second-order valence-electron chi connectivity index (χ2n) is 25.4. The number of allylic oxidation sites excluding steroid dienone is 7. The quantitative estimate of drug-likeness (QED) is 0.0212. The van der Waals surface area contributed by atoms with Crippen molar-refractivity contribution in [3.63, 3.8) is 0 Å². The molecule has 0 fully saturated rings. The van der Waals surface area contributed by atoms with Crippen LogP contribution in [0, 0.1) is 0 Å². The van der Waals surface area contributed by atoms with E-state index in [9.17, 15) is 19.0 Å². The van der Waals surface area contributed by atoms with E-state index in [4.69, 9.17) is 13.8 Å². The highest BCUT2D eigenvalue weighted by Gasteiger charge is 2.27. The Hall–Kier alpha value is -2.03. The zero-order valence-corrected chi connectivity index (χ0v) is 56.1. The van der Waals surface area contributed by atoms with Gasteiger partial charge in [-0.2, -0.15) is 0 Å². The van der Waals surface area contributed by atoms with Crippen LogP contribution in [0.3, 0.4) is 0 Å². The van der Waals surface area contributed by atoms with E-state index in [-0.39, 0.29) is 31.5 Å². The number of hydrogen-bond acceptors (Lipinski definition) is 7. The molecule has 0 rings (SSSR count). The van der Waals surface area contributed by atoms with Crippen LogP contribution in [0.2, 0.25) is 0 Å². The van der Waals surface area contributed by atoms with Crippen LogP contribution in [0.1, 0.15) is 348 Å². The number of carbonyl (C=O) groups excluding carboxylic acids is 2. The summed E-state index contributed by atoms with van der Waals surface area (Å²) in [5.41, 5.74) is 0. The van der Waals surface area contributed by atoms with E-state index >= 15 is 0 Å². The molecule has 0 radical (unpaired) electrons. The number of nitrogens with one attached hydrogen (secondary N) is 1. The van der Waals surface area contributed by atoms with Crippen molar-refractivity contribution in [1.82, 2.24) is 5.32 Å². The lowest BCUT2D eigenvalue weighted by molar-refractivity contribution is -0.870. The van der Waals surface area contributed by atoms with Crippen molar-refractivity contribution in [3.05, 3.63) is 48.6 Å². The van der Waals surface area contributed by atoms with Crippen molar-refractivity contribution in [3.8, 4) is 0 Å². The first-order valence-corrected chi connectivity index (χ1v) is 36.9. The van der Waals surface area contributed by atoms with Gasteiger partial charge in [-0.05, 0) is 70.3 Å². The molecule has 0 aromatic carbocycles. The number of phosphoric ester groups is 1. The highest BCUT2D eigenvalue weighted by Crippen LogP contribution is 2.38. The van der Waals surface area contributed by atoms with Crippen molar-refractivity contribution in [2.75, 3.05) is 40.9 Å². The smallest absolute Gasteiger partial charge is 0.306 e. The summed E-state index contributed by atoms with van der Waals surface area (Å²) in [6.45, 7) is 6.87. The molecule has 3 atom stereocenters. The van der Waals surface area contributed by atoms with E-state index in [1.54, 1.807) is 0 Å². The van der Waals surface area contributed by atoms with Gasteiger partial charge in [0.05, 0.1) is 33.8 Å². The Kier molecular flexibility index (Phi) is 60.5. The largest absolute Gasteiger partial charge is 0.756 e. The lowest BCUT2D eigenvalue weighted by Crippen LogP contribution is -2.47. The lowest BCUT2D eigenvalue weighted by atomic mass is 10.0. The molecular weight excluding hydrogens is 1040 g/mol. The number of ether oxygens (including phenoxy) is 1. The monoisotopic (exact) mass is 1170 g/mol. The van der Waals surface area contributed by atoms with Crippen LogP contribution in [0.4, 0.5) is 0 Å². The predicted octanol–water partition coefficient (Wildman–Crippen LogP) is 21.8. The Labute approximate surface area is 509 Å². The summed E-state index contributed by atoms with van der Waals surface area (Å²) >= 11 is 0. The molecule has 482 valence electrons. The normalized spacial score (nSPS) is 13.8. The minimum absolute atomic E-state index is 0.0202. The van der Waals surface area contributed by atoms with E-state index in [0.717, 1.165) is 70.6 Å². The number of hydrogen-bond donors (Lipinski definition) is 1.